The van der Waals surface area contributed by atoms with Crippen LogP contribution in [-0.4, -0.2) is 43.9 Å². The number of carboxylic acids is 1. The van der Waals surface area contributed by atoms with Crippen LogP contribution in [0.4, 0.5) is 0 Å². The van der Waals surface area contributed by atoms with Crippen molar-refractivity contribution in [3.8, 4) is 5.75 Å². The fourth-order valence-corrected chi connectivity index (χ4v) is 4.74. The second kappa shape index (κ2) is 8.08. The molecule has 0 spiro atoms. The molecule has 142 valence electrons. The van der Waals surface area contributed by atoms with Gasteiger partial charge in [0.05, 0.1) is 19.1 Å². The maximum absolute atomic E-state index is 13.1. The zero-order valence-electron chi connectivity index (χ0n) is 15.2. The van der Waals surface area contributed by atoms with E-state index >= 15 is 0 Å². The van der Waals surface area contributed by atoms with Crippen LogP contribution < -0.4 is 10.1 Å². The highest BCUT2D eigenvalue weighted by Gasteiger charge is 2.55. The van der Waals surface area contributed by atoms with E-state index < -0.39 is 5.97 Å². The van der Waals surface area contributed by atoms with Crippen molar-refractivity contribution in [3.05, 3.63) is 29.8 Å². The van der Waals surface area contributed by atoms with Crippen molar-refractivity contribution in [2.75, 3.05) is 26.9 Å². The molecule has 0 heterocycles. The number of nitrogens with one attached hydrogen (secondary N) is 1. The first-order valence-electron chi connectivity index (χ1n) is 9.24. The highest BCUT2D eigenvalue weighted by molar-refractivity contribution is 5.84. The minimum Gasteiger partial charge on any atom is -0.497 e. The Bertz CT molecular complexity index is 661. The summed E-state index contributed by atoms with van der Waals surface area (Å²) in [6.07, 6.45) is 5.11. The van der Waals surface area contributed by atoms with Gasteiger partial charge in [-0.2, -0.15) is 0 Å². The molecule has 2 fully saturated rings. The van der Waals surface area contributed by atoms with Gasteiger partial charge in [0.15, 0.2) is 0 Å². The van der Waals surface area contributed by atoms with Crippen molar-refractivity contribution in [3.63, 3.8) is 0 Å². The van der Waals surface area contributed by atoms with E-state index in [0.29, 0.717) is 24.8 Å². The second-order valence-electron chi connectivity index (χ2n) is 7.47. The lowest BCUT2D eigenvalue weighted by atomic mass is 9.68. The molecule has 2 bridgehead atoms. The van der Waals surface area contributed by atoms with E-state index in [-0.39, 0.29) is 24.5 Å². The van der Waals surface area contributed by atoms with E-state index in [1.54, 1.807) is 7.11 Å². The summed E-state index contributed by atoms with van der Waals surface area (Å²) in [5, 5.41) is 11.6. The molecule has 6 heteroatoms. The number of aliphatic carboxylic acids is 1. The lowest BCUT2D eigenvalue weighted by molar-refractivity contribution is -0.142. The largest absolute Gasteiger partial charge is 0.497 e. The molecule has 0 aromatic heterocycles. The highest BCUT2D eigenvalue weighted by Crippen LogP contribution is 2.57. The van der Waals surface area contributed by atoms with Crippen LogP contribution in [0.3, 0.4) is 0 Å². The van der Waals surface area contributed by atoms with E-state index in [4.69, 9.17) is 14.6 Å². The third kappa shape index (κ3) is 4.01. The number of ether oxygens (including phenoxy) is 2. The Hall–Kier alpha value is -2.08. The Labute approximate surface area is 153 Å². The van der Waals surface area contributed by atoms with Crippen LogP contribution in [0.2, 0.25) is 0 Å². The maximum atomic E-state index is 13.1. The molecule has 2 saturated carbocycles. The fraction of sp³-hybridized carbons (Fsp3) is 0.600. The number of benzene rings is 1. The smallest absolute Gasteiger partial charge is 0.329 e. The van der Waals surface area contributed by atoms with Gasteiger partial charge >= 0.3 is 5.97 Å². The van der Waals surface area contributed by atoms with Gasteiger partial charge in [0, 0.05) is 6.54 Å². The molecule has 0 aliphatic heterocycles. The van der Waals surface area contributed by atoms with Crippen LogP contribution in [0, 0.1) is 17.3 Å². The summed E-state index contributed by atoms with van der Waals surface area (Å²) in [6, 6.07) is 7.94. The topological polar surface area (TPSA) is 84.9 Å². The lowest BCUT2D eigenvalue weighted by Crippen LogP contribution is -2.47. The number of hydrogen-bond acceptors (Lipinski definition) is 4. The molecule has 1 amide bonds. The Morgan fingerprint density at radius 3 is 2.85 bits per heavy atom. The summed E-state index contributed by atoms with van der Waals surface area (Å²) in [5.74, 6) is 0.937. The van der Waals surface area contributed by atoms with Crippen LogP contribution in [-0.2, 0) is 20.7 Å². The van der Waals surface area contributed by atoms with E-state index in [0.717, 1.165) is 30.6 Å². The molecule has 26 heavy (non-hydrogen) atoms. The summed E-state index contributed by atoms with van der Waals surface area (Å²) in [6.45, 7) is 0.209. The molecule has 2 aliphatic rings. The van der Waals surface area contributed by atoms with Crippen LogP contribution in [0.1, 0.15) is 31.2 Å². The van der Waals surface area contributed by atoms with Gasteiger partial charge in [-0.3, -0.25) is 4.79 Å². The molecule has 3 atom stereocenters. The fourth-order valence-electron chi connectivity index (χ4n) is 4.74. The molecule has 2 aliphatic carbocycles. The van der Waals surface area contributed by atoms with Gasteiger partial charge in [-0.25, -0.2) is 4.79 Å². The summed E-state index contributed by atoms with van der Waals surface area (Å²) in [5.41, 5.74) is 0.747. The maximum Gasteiger partial charge on any atom is 0.329 e. The Kier molecular flexibility index (Phi) is 5.81. The van der Waals surface area contributed by atoms with Gasteiger partial charge in [-0.15, -0.1) is 0 Å². The lowest BCUT2D eigenvalue weighted by Gasteiger charge is -2.36. The Morgan fingerprint density at radius 1 is 1.35 bits per heavy atom. The minimum atomic E-state index is -1.00. The number of rotatable bonds is 9. The molecule has 6 nitrogen and oxygen atoms in total. The highest BCUT2D eigenvalue weighted by atomic mass is 16.5. The Balaban J connectivity index is 1.67. The van der Waals surface area contributed by atoms with Crippen molar-refractivity contribution in [1.29, 1.82) is 0 Å². The molecular formula is C20H27NO5. The number of fused-ring (bicyclic) bond motifs is 2. The number of hydrogen-bond donors (Lipinski definition) is 2. The first-order chi connectivity index (χ1) is 12.5. The predicted octanol–water partition coefficient (Wildman–Crippen LogP) is 2.26. The molecule has 2 N–H and O–H groups in total. The molecule has 1 aromatic carbocycles. The summed E-state index contributed by atoms with van der Waals surface area (Å²) >= 11 is 0. The van der Waals surface area contributed by atoms with Crippen LogP contribution in [0.5, 0.6) is 5.75 Å². The molecule has 3 unspecified atom stereocenters. The summed E-state index contributed by atoms with van der Waals surface area (Å²) < 4.78 is 10.3. The van der Waals surface area contributed by atoms with Crippen molar-refractivity contribution >= 4 is 11.9 Å². The normalized spacial score (nSPS) is 26.7. The number of amides is 1. The minimum absolute atomic E-state index is 0.0754. The first-order valence-corrected chi connectivity index (χ1v) is 9.24. The zero-order valence-corrected chi connectivity index (χ0v) is 15.2. The molecule has 0 saturated heterocycles. The molecule has 3 rings (SSSR count). The van der Waals surface area contributed by atoms with Crippen molar-refractivity contribution in [2.24, 2.45) is 17.3 Å². The van der Waals surface area contributed by atoms with E-state index in [2.05, 4.69) is 11.4 Å². The van der Waals surface area contributed by atoms with Crippen LogP contribution >= 0.6 is 0 Å². The first kappa shape index (κ1) is 18.7. The quantitative estimate of drug-likeness (QED) is 0.659. The number of methoxy groups -OCH3 is 1. The predicted molar refractivity (Wildman–Crippen MR) is 96.0 cm³/mol. The van der Waals surface area contributed by atoms with E-state index in [1.165, 1.54) is 6.42 Å². The Morgan fingerprint density at radius 2 is 2.19 bits per heavy atom. The number of carboxylic acid groups (broad SMARTS) is 1. The van der Waals surface area contributed by atoms with Gasteiger partial charge in [0.25, 0.3) is 0 Å². The molecule has 1 aromatic rings. The third-order valence-corrected chi connectivity index (χ3v) is 5.84. The van der Waals surface area contributed by atoms with Gasteiger partial charge in [-0.05, 0) is 55.2 Å². The zero-order chi connectivity index (χ0) is 18.6. The van der Waals surface area contributed by atoms with Crippen LogP contribution in [0.25, 0.3) is 0 Å². The van der Waals surface area contributed by atoms with Gasteiger partial charge in [0.2, 0.25) is 5.91 Å². The standard InChI is InChI=1S/C20H27NO5/c1-25-17-4-2-3-14(10-17)11-20(12-15-5-6-16(20)9-15)19(24)21-7-8-26-13-18(22)23/h2-4,10,15-16H,5-9,11-13H2,1H3,(H,21,24)(H,22,23). The third-order valence-electron chi connectivity index (χ3n) is 5.84. The van der Waals surface area contributed by atoms with Crippen molar-refractivity contribution in [1.82, 2.24) is 5.32 Å². The monoisotopic (exact) mass is 361 g/mol. The van der Waals surface area contributed by atoms with Gasteiger partial charge < -0.3 is 19.9 Å². The van der Waals surface area contributed by atoms with Gasteiger partial charge in [-0.1, -0.05) is 18.6 Å². The average molecular weight is 361 g/mol. The van der Waals surface area contributed by atoms with Gasteiger partial charge in [0.1, 0.15) is 12.4 Å². The number of carbonyl (C=O) groups excluding carboxylic acids is 1. The van der Waals surface area contributed by atoms with Crippen molar-refractivity contribution < 1.29 is 24.2 Å². The van der Waals surface area contributed by atoms with E-state index in [1.807, 2.05) is 18.2 Å². The van der Waals surface area contributed by atoms with Crippen molar-refractivity contribution in [2.45, 2.75) is 32.1 Å². The summed E-state index contributed by atoms with van der Waals surface area (Å²) in [7, 11) is 1.65. The van der Waals surface area contributed by atoms with E-state index in [9.17, 15) is 9.59 Å². The second-order valence-corrected chi connectivity index (χ2v) is 7.47. The molecular weight excluding hydrogens is 334 g/mol. The molecule has 0 radical (unpaired) electrons. The van der Waals surface area contributed by atoms with Crippen LogP contribution in [0.15, 0.2) is 24.3 Å². The summed E-state index contributed by atoms with van der Waals surface area (Å²) in [4.78, 5) is 23.6. The average Bonchev–Trinajstić information content (AvgIpc) is 3.23. The SMILES string of the molecule is COc1cccc(CC2(C(=O)NCCOCC(=O)O)CC3CCC2C3)c1. The number of carbonyl (C=O) groups is 2.